The second kappa shape index (κ2) is 5.50. The van der Waals surface area contributed by atoms with Crippen LogP contribution in [0.2, 0.25) is 0 Å². The number of hydrogen-bond donors (Lipinski definition) is 1. The first kappa shape index (κ1) is 14.0. The highest BCUT2D eigenvalue weighted by atomic mass is 15.3. The number of rotatable bonds is 6. The highest BCUT2D eigenvalue weighted by molar-refractivity contribution is 4.99. The first-order valence-corrected chi connectivity index (χ1v) is 6.94. The Morgan fingerprint density at radius 1 is 1.31 bits per heavy atom. The molecule has 16 heavy (non-hydrogen) atoms. The molecule has 2 N–H and O–H groups in total. The smallest absolute Gasteiger partial charge is 0.0308 e. The molecule has 1 aliphatic heterocycles. The lowest BCUT2D eigenvalue weighted by molar-refractivity contribution is 0.0396. The maximum Gasteiger partial charge on any atom is 0.0308 e. The summed E-state index contributed by atoms with van der Waals surface area (Å²) in [5.41, 5.74) is 6.61. The zero-order chi connectivity index (χ0) is 12.2. The highest BCUT2D eigenvalue weighted by Gasteiger charge is 2.42. The molecular weight excluding hydrogens is 196 g/mol. The summed E-state index contributed by atoms with van der Waals surface area (Å²) in [6.45, 7) is 11.4. The molecule has 96 valence electrons. The first-order valence-electron chi connectivity index (χ1n) is 6.94. The van der Waals surface area contributed by atoms with Crippen molar-refractivity contribution in [1.82, 2.24) is 4.90 Å². The van der Waals surface area contributed by atoms with Crippen molar-refractivity contribution in [3.8, 4) is 0 Å². The van der Waals surface area contributed by atoms with Gasteiger partial charge in [0.1, 0.15) is 0 Å². The molecule has 0 aromatic heterocycles. The Morgan fingerprint density at radius 2 is 2.00 bits per heavy atom. The average molecular weight is 226 g/mol. The van der Waals surface area contributed by atoms with Crippen molar-refractivity contribution in [3.63, 3.8) is 0 Å². The molecule has 0 radical (unpaired) electrons. The van der Waals surface area contributed by atoms with Gasteiger partial charge in [0.25, 0.3) is 0 Å². The topological polar surface area (TPSA) is 29.3 Å². The Morgan fingerprint density at radius 3 is 2.44 bits per heavy atom. The van der Waals surface area contributed by atoms with Gasteiger partial charge in [-0.1, -0.05) is 26.2 Å². The summed E-state index contributed by atoms with van der Waals surface area (Å²) in [6.07, 6.45) is 7.85. The summed E-state index contributed by atoms with van der Waals surface area (Å²) in [5, 5.41) is 0. The van der Waals surface area contributed by atoms with E-state index in [4.69, 9.17) is 5.73 Å². The van der Waals surface area contributed by atoms with Gasteiger partial charge in [-0.25, -0.2) is 0 Å². The molecule has 1 rings (SSSR count). The van der Waals surface area contributed by atoms with E-state index in [1.807, 2.05) is 0 Å². The number of nitrogens with two attached hydrogens (primary N) is 1. The van der Waals surface area contributed by atoms with Crippen molar-refractivity contribution in [1.29, 1.82) is 0 Å². The highest BCUT2D eigenvalue weighted by Crippen LogP contribution is 2.36. The van der Waals surface area contributed by atoms with E-state index in [1.54, 1.807) is 0 Å². The van der Waals surface area contributed by atoms with Gasteiger partial charge in [-0.2, -0.15) is 0 Å². The molecule has 1 fully saturated rings. The quantitative estimate of drug-likeness (QED) is 0.705. The van der Waals surface area contributed by atoms with Crippen molar-refractivity contribution >= 4 is 0 Å². The Labute approximate surface area is 102 Å². The SMILES string of the molecule is CCCCCC(C)(CN)N1CCCC1(C)C. The van der Waals surface area contributed by atoms with Gasteiger partial charge in [0, 0.05) is 17.6 Å². The van der Waals surface area contributed by atoms with E-state index in [2.05, 4.69) is 32.6 Å². The molecule has 2 heteroatoms. The van der Waals surface area contributed by atoms with Crippen LogP contribution in [0.3, 0.4) is 0 Å². The molecule has 0 bridgehead atoms. The maximum absolute atomic E-state index is 6.05. The summed E-state index contributed by atoms with van der Waals surface area (Å²) in [5.74, 6) is 0. The fourth-order valence-electron chi connectivity index (χ4n) is 3.21. The summed E-state index contributed by atoms with van der Waals surface area (Å²) in [4.78, 5) is 2.66. The summed E-state index contributed by atoms with van der Waals surface area (Å²) in [7, 11) is 0. The van der Waals surface area contributed by atoms with Crippen LogP contribution < -0.4 is 5.73 Å². The molecule has 1 heterocycles. The van der Waals surface area contributed by atoms with E-state index < -0.39 is 0 Å². The zero-order valence-electron chi connectivity index (χ0n) is 11.7. The molecule has 1 unspecified atom stereocenters. The monoisotopic (exact) mass is 226 g/mol. The predicted octanol–water partition coefficient (Wildman–Crippen LogP) is 3.16. The molecule has 0 amide bonds. The van der Waals surface area contributed by atoms with Gasteiger partial charge in [-0.3, -0.25) is 4.90 Å². The van der Waals surface area contributed by atoms with Gasteiger partial charge in [0.15, 0.2) is 0 Å². The van der Waals surface area contributed by atoms with Crippen molar-refractivity contribution < 1.29 is 0 Å². The summed E-state index contributed by atoms with van der Waals surface area (Å²) >= 11 is 0. The largest absolute Gasteiger partial charge is 0.329 e. The van der Waals surface area contributed by atoms with Gasteiger partial charge >= 0.3 is 0 Å². The third-order valence-corrected chi connectivity index (χ3v) is 4.31. The minimum Gasteiger partial charge on any atom is -0.329 e. The average Bonchev–Trinajstić information content (AvgIpc) is 2.59. The van der Waals surface area contributed by atoms with Crippen LogP contribution >= 0.6 is 0 Å². The Bertz CT molecular complexity index is 213. The lowest BCUT2D eigenvalue weighted by Gasteiger charge is -2.46. The molecule has 2 nitrogen and oxygen atoms in total. The normalized spacial score (nSPS) is 24.6. The van der Waals surface area contributed by atoms with E-state index in [9.17, 15) is 0 Å². The molecule has 0 spiro atoms. The van der Waals surface area contributed by atoms with Gasteiger partial charge < -0.3 is 5.73 Å². The predicted molar refractivity (Wildman–Crippen MR) is 71.6 cm³/mol. The van der Waals surface area contributed by atoms with Gasteiger partial charge in [0.05, 0.1) is 0 Å². The Hall–Kier alpha value is -0.0800. The van der Waals surface area contributed by atoms with Crippen LogP contribution in [0.5, 0.6) is 0 Å². The number of unbranched alkanes of at least 4 members (excludes halogenated alkanes) is 2. The number of likely N-dealkylation sites (tertiary alicyclic amines) is 1. The molecular formula is C14H30N2. The van der Waals surface area contributed by atoms with Crippen molar-refractivity contribution in [2.45, 2.75) is 77.3 Å². The fraction of sp³-hybridized carbons (Fsp3) is 1.00. The van der Waals surface area contributed by atoms with Crippen LogP contribution in [0, 0.1) is 0 Å². The molecule has 1 atom stereocenters. The maximum atomic E-state index is 6.05. The van der Waals surface area contributed by atoms with Crippen LogP contribution in [-0.2, 0) is 0 Å². The van der Waals surface area contributed by atoms with E-state index in [-0.39, 0.29) is 5.54 Å². The first-order chi connectivity index (χ1) is 7.46. The van der Waals surface area contributed by atoms with Crippen molar-refractivity contribution in [3.05, 3.63) is 0 Å². The standard InChI is InChI=1S/C14H30N2/c1-5-6-7-10-14(4,12-15)16-11-8-9-13(16,2)3/h5-12,15H2,1-4H3. The van der Waals surface area contributed by atoms with Crippen LogP contribution in [0.1, 0.15) is 66.2 Å². The minimum atomic E-state index is 0.217. The van der Waals surface area contributed by atoms with E-state index in [0.29, 0.717) is 5.54 Å². The van der Waals surface area contributed by atoms with Crippen molar-refractivity contribution in [2.24, 2.45) is 5.73 Å². The fourth-order valence-corrected chi connectivity index (χ4v) is 3.21. The van der Waals surface area contributed by atoms with Crippen LogP contribution in [0.15, 0.2) is 0 Å². The van der Waals surface area contributed by atoms with Crippen LogP contribution in [0.4, 0.5) is 0 Å². The zero-order valence-corrected chi connectivity index (χ0v) is 11.7. The van der Waals surface area contributed by atoms with Crippen LogP contribution in [-0.4, -0.2) is 29.1 Å². The Kier molecular flexibility index (Phi) is 4.81. The van der Waals surface area contributed by atoms with Crippen molar-refractivity contribution in [2.75, 3.05) is 13.1 Å². The van der Waals surface area contributed by atoms with Gasteiger partial charge in [0.2, 0.25) is 0 Å². The third kappa shape index (κ3) is 2.98. The Balaban J connectivity index is 2.63. The van der Waals surface area contributed by atoms with Gasteiger partial charge in [-0.05, 0) is 46.6 Å². The number of hydrogen-bond acceptors (Lipinski definition) is 2. The summed E-state index contributed by atoms with van der Waals surface area (Å²) < 4.78 is 0. The van der Waals surface area contributed by atoms with E-state index in [1.165, 1.54) is 45.1 Å². The molecule has 1 aliphatic rings. The third-order valence-electron chi connectivity index (χ3n) is 4.31. The second-order valence-electron chi connectivity index (χ2n) is 6.23. The number of nitrogens with zero attached hydrogens (tertiary/aromatic N) is 1. The van der Waals surface area contributed by atoms with Gasteiger partial charge in [-0.15, -0.1) is 0 Å². The lowest BCUT2D eigenvalue weighted by atomic mass is 9.88. The van der Waals surface area contributed by atoms with E-state index in [0.717, 1.165) is 6.54 Å². The second-order valence-corrected chi connectivity index (χ2v) is 6.23. The van der Waals surface area contributed by atoms with Crippen LogP contribution in [0.25, 0.3) is 0 Å². The molecule has 0 saturated carbocycles. The molecule has 0 aliphatic carbocycles. The summed E-state index contributed by atoms with van der Waals surface area (Å²) in [6, 6.07) is 0. The van der Waals surface area contributed by atoms with E-state index >= 15 is 0 Å². The molecule has 1 saturated heterocycles. The molecule has 0 aromatic carbocycles. The lowest BCUT2D eigenvalue weighted by Crippen LogP contribution is -2.57. The minimum absolute atomic E-state index is 0.217. The molecule has 0 aromatic rings.